The Kier molecular flexibility index (Phi) is 3.67. The van der Waals surface area contributed by atoms with Gasteiger partial charge in [0.15, 0.2) is 0 Å². The Hall–Kier alpha value is -2.84. The lowest BCUT2D eigenvalue weighted by atomic mass is 10.1. The van der Waals surface area contributed by atoms with Gasteiger partial charge in [-0.3, -0.25) is 25.0 Å². The van der Waals surface area contributed by atoms with Crippen LogP contribution in [0, 0.1) is 20.2 Å². The third-order valence-corrected chi connectivity index (χ3v) is 1.99. The van der Waals surface area contributed by atoms with Gasteiger partial charge in [-0.2, -0.15) is 0 Å². The van der Waals surface area contributed by atoms with E-state index in [1.807, 2.05) is 0 Å². The van der Waals surface area contributed by atoms with Gasteiger partial charge in [0.1, 0.15) is 0 Å². The van der Waals surface area contributed by atoms with Crippen LogP contribution in [0.2, 0.25) is 0 Å². The van der Waals surface area contributed by atoms with Crippen molar-refractivity contribution in [2.75, 3.05) is 0 Å². The van der Waals surface area contributed by atoms with Crippen LogP contribution in [0.25, 0.3) is 0 Å². The number of nitro benzene ring substituents is 2. The molecule has 9 heteroatoms. The molecule has 0 unspecified atom stereocenters. The molecule has 0 aromatic heterocycles. The van der Waals surface area contributed by atoms with Crippen molar-refractivity contribution in [3.05, 3.63) is 44.0 Å². The highest BCUT2D eigenvalue weighted by atomic mass is 16.6. The van der Waals surface area contributed by atoms with E-state index < -0.39 is 39.4 Å². The molecule has 0 aliphatic heterocycles. The highest BCUT2D eigenvalue weighted by molar-refractivity contribution is 6.33. The van der Waals surface area contributed by atoms with Crippen molar-refractivity contribution in [1.29, 1.82) is 0 Å². The van der Waals surface area contributed by atoms with Gasteiger partial charge in [-0.15, -0.1) is 0 Å². The minimum Gasteiger partial charge on any atom is -0.475 e. The number of carbonyl (C=O) groups is 2. The maximum atomic E-state index is 10.9. The summed E-state index contributed by atoms with van der Waals surface area (Å²) in [6, 6.07) is 2.58. The predicted molar refractivity (Wildman–Crippen MR) is 56.1 cm³/mol. The van der Waals surface area contributed by atoms with Crippen LogP contribution in [0.15, 0.2) is 18.2 Å². The van der Waals surface area contributed by atoms with Crippen LogP contribution in [0.4, 0.5) is 11.4 Å². The van der Waals surface area contributed by atoms with Gasteiger partial charge in [-0.05, 0) is 5.56 Å². The number of nitro groups is 2. The number of ketones is 1. The molecule has 0 heterocycles. The van der Waals surface area contributed by atoms with Gasteiger partial charge in [0.2, 0.25) is 5.78 Å². The monoisotopic (exact) mass is 254 g/mol. The summed E-state index contributed by atoms with van der Waals surface area (Å²) in [7, 11) is 0. The SMILES string of the molecule is O=C(O)C(=O)Cc1cc([N+](=O)[O-])cc([N+](=O)[O-])c1. The van der Waals surface area contributed by atoms with E-state index in [4.69, 9.17) is 5.11 Å². The van der Waals surface area contributed by atoms with Crippen molar-refractivity contribution in [3.8, 4) is 0 Å². The summed E-state index contributed by atoms with van der Waals surface area (Å²) in [6.07, 6.45) is -0.641. The van der Waals surface area contributed by atoms with Crippen molar-refractivity contribution in [1.82, 2.24) is 0 Å². The maximum absolute atomic E-state index is 10.9. The molecule has 1 rings (SSSR count). The van der Waals surface area contributed by atoms with Gasteiger partial charge >= 0.3 is 5.97 Å². The summed E-state index contributed by atoms with van der Waals surface area (Å²) in [5, 5.41) is 29.4. The molecular formula is C9H6N2O7. The molecule has 0 atom stereocenters. The van der Waals surface area contributed by atoms with E-state index in [2.05, 4.69) is 0 Å². The summed E-state index contributed by atoms with van der Waals surface area (Å²) < 4.78 is 0. The molecule has 94 valence electrons. The van der Waals surface area contributed by atoms with Crippen LogP contribution in [0.1, 0.15) is 5.56 Å². The second-order valence-corrected chi connectivity index (χ2v) is 3.28. The average Bonchev–Trinajstić information content (AvgIpc) is 2.28. The largest absolute Gasteiger partial charge is 0.475 e. The molecule has 0 aliphatic carbocycles. The van der Waals surface area contributed by atoms with Crippen LogP contribution >= 0.6 is 0 Å². The predicted octanol–water partition coefficient (Wildman–Crippen LogP) is 0.699. The lowest BCUT2D eigenvalue weighted by molar-refractivity contribution is -0.394. The Balaban J connectivity index is 3.19. The zero-order chi connectivity index (χ0) is 13.9. The Morgan fingerprint density at radius 1 is 1.06 bits per heavy atom. The Labute approximate surface area is 98.9 Å². The first-order chi connectivity index (χ1) is 8.31. The van der Waals surface area contributed by atoms with Crippen molar-refractivity contribution >= 4 is 23.1 Å². The van der Waals surface area contributed by atoms with Crippen molar-refractivity contribution in [2.45, 2.75) is 6.42 Å². The Morgan fingerprint density at radius 2 is 1.50 bits per heavy atom. The molecule has 1 N–H and O–H groups in total. The van der Waals surface area contributed by atoms with Gasteiger partial charge in [-0.1, -0.05) is 0 Å². The number of hydrogen-bond acceptors (Lipinski definition) is 6. The fraction of sp³-hybridized carbons (Fsp3) is 0.111. The van der Waals surface area contributed by atoms with Crippen LogP contribution in [0.5, 0.6) is 0 Å². The Morgan fingerprint density at radius 3 is 1.83 bits per heavy atom. The number of carboxylic acid groups (broad SMARTS) is 1. The van der Waals surface area contributed by atoms with Crippen LogP contribution in [-0.4, -0.2) is 26.7 Å². The van der Waals surface area contributed by atoms with Crippen LogP contribution in [0.3, 0.4) is 0 Å². The summed E-state index contributed by atoms with van der Waals surface area (Å²) in [5.74, 6) is -2.91. The van der Waals surface area contributed by atoms with Gasteiger partial charge in [-0.25, -0.2) is 4.79 Å². The van der Waals surface area contributed by atoms with Gasteiger partial charge in [0.25, 0.3) is 11.4 Å². The zero-order valence-corrected chi connectivity index (χ0v) is 8.73. The van der Waals surface area contributed by atoms with Crippen molar-refractivity contribution in [3.63, 3.8) is 0 Å². The minimum atomic E-state index is -1.70. The minimum absolute atomic E-state index is 0.0942. The fourth-order valence-electron chi connectivity index (χ4n) is 1.23. The lowest BCUT2D eigenvalue weighted by Crippen LogP contribution is -2.15. The van der Waals surface area contributed by atoms with E-state index >= 15 is 0 Å². The third-order valence-electron chi connectivity index (χ3n) is 1.99. The first-order valence-corrected chi connectivity index (χ1v) is 4.50. The number of benzene rings is 1. The van der Waals surface area contributed by atoms with Crippen LogP contribution in [-0.2, 0) is 16.0 Å². The number of carbonyl (C=O) groups excluding carboxylic acids is 1. The highest BCUT2D eigenvalue weighted by Crippen LogP contribution is 2.23. The topological polar surface area (TPSA) is 141 Å². The highest BCUT2D eigenvalue weighted by Gasteiger charge is 2.19. The third kappa shape index (κ3) is 3.07. The molecule has 9 nitrogen and oxygen atoms in total. The second-order valence-electron chi connectivity index (χ2n) is 3.28. The van der Waals surface area contributed by atoms with Gasteiger partial charge in [0.05, 0.1) is 15.9 Å². The number of hydrogen-bond donors (Lipinski definition) is 1. The number of carboxylic acids is 1. The normalized spacial score (nSPS) is 9.78. The van der Waals surface area contributed by atoms with Crippen molar-refractivity contribution < 1.29 is 24.5 Å². The first kappa shape index (κ1) is 13.2. The molecule has 0 bridgehead atoms. The van der Waals surface area contributed by atoms with E-state index in [-0.39, 0.29) is 5.56 Å². The quantitative estimate of drug-likeness (QED) is 0.463. The Bertz CT molecular complexity index is 520. The standard InChI is InChI=1S/C9H6N2O7/c12-8(9(13)14)3-5-1-6(10(15)16)4-7(2-5)11(17)18/h1-2,4H,3H2,(H,13,14). The number of rotatable bonds is 5. The van der Waals surface area contributed by atoms with E-state index in [1.165, 1.54) is 0 Å². The fourth-order valence-corrected chi connectivity index (χ4v) is 1.23. The van der Waals surface area contributed by atoms with Gasteiger partial charge in [0, 0.05) is 18.6 Å². The molecule has 0 fully saturated rings. The molecule has 0 amide bonds. The summed E-state index contributed by atoms with van der Waals surface area (Å²) in [4.78, 5) is 40.6. The van der Waals surface area contributed by atoms with E-state index in [0.29, 0.717) is 0 Å². The summed E-state index contributed by atoms with van der Waals surface area (Å²) in [5.41, 5.74) is -1.24. The molecule has 0 saturated carbocycles. The summed E-state index contributed by atoms with van der Waals surface area (Å²) in [6.45, 7) is 0. The molecule has 1 aromatic carbocycles. The molecule has 1 aromatic rings. The molecule has 18 heavy (non-hydrogen) atoms. The molecule has 0 saturated heterocycles. The van der Waals surface area contributed by atoms with Crippen molar-refractivity contribution in [2.24, 2.45) is 0 Å². The maximum Gasteiger partial charge on any atom is 0.372 e. The van der Waals surface area contributed by atoms with E-state index in [0.717, 1.165) is 18.2 Å². The number of nitrogens with zero attached hydrogens (tertiary/aromatic N) is 2. The number of non-ortho nitro benzene ring substituents is 2. The van der Waals surface area contributed by atoms with Gasteiger partial charge < -0.3 is 5.11 Å². The molecule has 0 aliphatic rings. The summed E-state index contributed by atoms with van der Waals surface area (Å²) >= 11 is 0. The van der Waals surface area contributed by atoms with E-state index in [9.17, 15) is 29.8 Å². The molecular weight excluding hydrogens is 248 g/mol. The number of Topliss-reactive ketones (excluding diaryl/α,β-unsaturated/α-hetero) is 1. The average molecular weight is 254 g/mol. The lowest BCUT2D eigenvalue weighted by Gasteiger charge is -1.99. The molecule has 0 radical (unpaired) electrons. The second kappa shape index (κ2) is 4.99. The number of aliphatic carboxylic acids is 1. The molecule has 0 spiro atoms. The van der Waals surface area contributed by atoms with E-state index in [1.54, 1.807) is 0 Å². The zero-order valence-electron chi connectivity index (χ0n) is 8.73. The first-order valence-electron chi connectivity index (χ1n) is 4.50. The van der Waals surface area contributed by atoms with Crippen LogP contribution < -0.4 is 0 Å². The smallest absolute Gasteiger partial charge is 0.372 e.